The number of anilines is 1. The number of nitrogens with one attached hydrogen (secondary N) is 1. The second-order valence-electron chi connectivity index (χ2n) is 5.00. The third-order valence-electron chi connectivity index (χ3n) is 3.41. The fourth-order valence-electron chi connectivity index (χ4n) is 2.33. The fraction of sp³-hybridized carbons (Fsp3) is 0.583. The molecule has 0 radical (unpaired) electrons. The van der Waals surface area contributed by atoms with Gasteiger partial charge in [-0.25, -0.2) is 4.79 Å². The molecule has 21 heavy (non-hydrogen) atoms. The highest BCUT2D eigenvalue weighted by Crippen LogP contribution is 2.27. The van der Waals surface area contributed by atoms with E-state index in [1.807, 2.05) is 6.92 Å². The number of aryl methyl sites for hydroxylation is 2. The zero-order chi connectivity index (χ0) is 14.8. The number of carbonyl (C=O) groups excluding carboxylic acids is 1. The normalized spacial score (nSPS) is 16.2. The van der Waals surface area contributed by atoms with E-state index in [0.717, 1.165) is 17.8 Å². The lowest BCUT2D eigenvalue weighted by atomic mass is 9.97. The molecule has 1 fully saturated rings. The number of carbonyl (C=O) groups is 1. The van der Waals surface area contributed by atoms with E-state index in [1.54, 1.807) is 11.8 Å². The summed E-state index contributed by atoms with van der Waals surface area (Å²) >= 11 is 1.37. The van der Waals surface area contributed by atoms with Crippen LogP contribution in [0.1, 0.15) is 35.5 Å². The molecule has 2 aromatic heterocycles. The topological polar surface area (TPSA) is 97.0 Å². The number of rotatable bonds is 2. The van der Waals surface area contributed by atoms with Crippen LogP contribution in [-0.4, -0.2) is 44.4 Å². The number of aromatic nitrogens is 4. The summed E-state index contributed by atoms with van der Waals surface area (Å²) in [6.45, 7) is 4.98. The van der Waals surface area contributed by atoms with Crippen molar-refractivity contribution < 1.29 is 9.32 Å². The standard InChI is InChI=1S/C12H16N6O2S/c1-7-13-10(20-17-7)9-3-5-18(6-4-9)12(19)14-11-16-15-8(2)21-11/h9H,3-6H2,1-2H3,(H,14,16,19). The smallest absolute Gasteiger partial charge is 0.323 e. The van der Waals surface area contributed by atoms with Gasteiger partial charge >= 0.3 is 6.03 Å². The second kappa shape index (κ2) is 5.76. The van der Waals surface area contributed by atoms with Crippen LogP contribution in [0.4, 0.5) is 9.93 Å². The van der Waals surface area contributed by atoms with E-state index in [-0.39, 0.29) is 11.9 Å². The molecule has 9 heteroatoms. The van der Waals surface area contributed by atoms with E-state index in [2.05, 4.69) is 25.7 Å². The van der Waals surface area contributed by atoms with Crippen molar-refractivity contribution in [3.8, 4) is 0 Å². The average molecular weight is 308 g/mol. The Kier molecular flexibility index (Phi) is 3.82. The van der Waals surface area contributed by atoms with E-state index < -0.39 is 0 Å². The molecular weight excluding hydrogens is 292 g/mol. The lowest BCUT2D eigenvalue weighted by molar-refractivity contribution is 0.187. The van der Waals surface area contributed by atoms with Gasteiger partial charge in [0.05, 0.1) is 0 Å². The van der Waals surface area contributed by atoms with Crippen molar-refractivity contribution in [3.63, 3.8) is 0 Å². The predicted molar refractivity (Wildman–Crippen MR) is 76.2 cm³/mol. The summed E-state index contributed by atoms with van der Waals surface area (Å²) < 4.78 is 5.20. The van der Waals surface area contributed by atoms with Crippen molar-refractivity contribution in [2.45, 2.75) is 32.6 Å². The highest BCUT2D eigenvalue weighted by Gasteiger charge is 2.27. The lowest BCUT2D eigenvalue weighted by Gasteiger charge is -2.29. The summed E-state index contributed by atoms with van der Waals surface area (Å²) in [7, 11) is 0. The Morgan fingerprint density at radius 3 is 2.67 bits per heavy atom. The van der Waals surface area contributed by atoms with Gasteiger partial charge in [0.25, 0.3) is 0 Å². The fourth-order valence-corrected chi connectivity index (χ4v) is 2.91. The predicted octanol–water partition coefficient (Wildman–Crippen LogP) is 1.95. The minimum atomic E-state index is -0.133. The number of nitrogens with zero attached hydrogens (tertiary/aromatic N) is 5. The molecule has 0 atom stereocenters. The molecule has 0 spiro atoms. The maximum atomic E-state index is 12.1. The molecule has 8 nitrogen and oxygen atoms in total. The Bertz CT molecular complexity index is 631. The van der Waals surface area contributed by atoms with Gasteiger partial charge in [-0.05, 0) is 26.7 Å². The quantitative estimate of drug-likeness (QED) is 0.910. The average Bonchev–Trinajstić information content (AvgIpc) is 3.08. The summed E-state index contributed by atoms with van der Waals surface area (Å²) in [5.74, 6) is 1.56. The van der Waals surface area contributed by atoms with E-state index in [1.165, 1.54) is 11.3 Å². The number of piperidine rings is 1. The molecule has 2 amide bonds. The Morgan fingerprint density at radius 1 is 1.33 bits per heavy atom. The third-order valence-corrected chi connectivity index (χ3v) is 4.17. The first kappa shape index (κ1) is 13.9. The first-order chi connectivity index (χ1) is 10.1. The van der Waals surface area contributed by atoms with Crippen molar-refractivity contribution in [1.82, 2.24) is 25.2 Å². The van der Waals surface area contributed by atoms with Crippen LogP contribution in [0.5, 0.6) is 0 Å². The largest absolute Gasteiger partial charge is 0.339 e. The molecule has 3 rings (SSSR count). The molecule has 0 unspecified atom stereocenters. The van der Waals surface area contributed by atoms with Crippen LogP contribution in [-0.2, 0) is 0 Å². The summed E-state index contributed by atoms with van der Waals surface area (Å²) in [6.07, 6.45) is 1.65. The minimum Gasteiger partial charge on any atom is -0.339 e. The van der Waals surface area contributed by atoms with Crippen molar-refractivity contribution in [2.75, 3.05) is 18.4 Å². The number of amides is 2. The lowest BCUT2D eigenvalue weighted by Crippen LogP contribution is -2.40. The van der Waals surface area contributed by atoms with Crippen LogP contribution in [0.2, 0.25) is 0 Å². The highest BCUT2D eigenvalue weighted by molar-refractivity contribution is 7.15. The Hall–Kier alpha value is -2.03. The monoisotopic (exact) mass is 308 g/mol. The number of hydrogen-bond acceptors (Lipinski definition) is 7. The zero-order valence-corrected chi connectivity index (χ0v) is 12.7. The van der Waals surface area contributed by atoms with Gasteiger partial charge in [-0.2, -0.15) is 4.98 Å². The van der Waals surface area contributed by atoms with Crippen molar-refractivity contribution in [3.05, 3.63) is 16.7 Å². The maximum absolute atomic E-state index is 12.1. The van der Waals surface area contributed by atoms with E-state index in [9.17, 15) is 4.79 Å². The van der Waals surface area contributed by atoms with Crippen LogP contribution < -0.4 is 5.32 Å². The van der Waals surface area contributed by atoms with E-state index >= 15 is 0 Å². The van der Waals surface area contributed by atoms with E-state index in [0.29, 0.717) is 29.9 Å². The molecule has 3 heterocycles. The molecule has 1 saturated heterocycles. The Balaban J connectivity index is 1.54. The molecule has 1 aliphatic rings. The number of hydrogen-bond donors (Lipinski definition) is 1. The summed E-state index contributed by atoms with van der Waals surface area (Å²) in [5, 5.41) is 15.7. The van der Waals surface area contributed by atoms with Gasteiger partial charge in [-0.1, -0.05) is 16.5 Å². The van der Waals surface area contributed by atoms with Gasteiger partial charge in [0, 0.05) is 19.0 Å². The number of urea groups is 1. The summed E-state index contributed by atoms with van der Waals surface area (Å²) in [4.78, 5) is 18.2. The van der Waals surface area contributed by atoms with Gasteiger partial charge < -0.3 is 9.42 Å². The van der Waals surface area contributed by atoms with Gasteiger partial charge in [0.2, 0.25) is 11.0 Å². The van der Waals surface area contributed by atoms with Crippen LogP contribution in [0.3, 0.4) is 0 Å². The summed E-state index contributed by atoms with van der Waals surface area (Å²) in [6, 6.07) is -0.133. The first-order valence-corrected chi connectivity index (χ1v) is 7.59. The Labute approximate surface area is 125 Å². The second-order valence-corrected chi connectivity index (χ2v) is 6.18. The highest BCUT2D eigenvalue weighted by atomic mass is 32.1. The van der Waals surface area contributed by atoms with Crippen molar-refractivity contribution in [1.29, 1.82) is 0 Å². The van der Waals surface area contributed by atoms with Crippen LogP contribution in [0.25, 0.3) is 0 Å². The molecule has 1 aliphatic heterocycles. The summed E-state index contributed by atoms with van der Waals surface area (Å²) in [5.41, 5.74) is 0. The van der Waals surface area contributed by atoms with Gasteiger partial charge in [-0.3, -0.25) is 5.32 Å². The molecule has 0 saturated carbocycles. The number of likely N-dealkylation sites (tertiary alicyclic amines) is 1. The van der Waals surface area contributed by atoms with Crippen LogP contribution in [0.15, 0.2) is 4.52 Å². The van der Waals surface area contributed by atoms with Crippen LogP contribution >= 0.6 is 11.3 Å². The molecular formula is C12H16N6O2S. The zero-order valence-electron chi connectivity index (χ0n) is 11.9. The van der Waals surface area contributed by atoms with Gasteiger partial charge in [0.15, 0.2) is 5.82 Å². The molecule has 2 aromatic rings. The van der Waals surface area contributed by atoms with Gasteiger partial charge in [0.1, 0.15) is 5.01 Å². The molecule has 0 aliphatic carbocycles. The molecule has 0 aromatic carbocycles. The van der Waals surface area contributed by atoms with E-state index in [4.69, 9.17) is 4.52 Å². The minimum absolute atomic E-state index is 0.133. The maximum Gasteiger partial charge on any atom is 0.323 e. The molecule has 0 bridgehead atoms. The van der Waals surface area contributed by atoms with Crippen molar-refractivity contribution in [2.24, 2.45) is 0 Å². The molecule has 112 valence electrons. The first-order valence-electron chi connectivity index (χ1n) is 6.78. The Morgan fingerprint density at radius 2 is 2.10 bits per heavy atom. The van der Waals surface area contributed by atoms with Crippen LogP contribution in [0, 0.1) is 13.8 Å². The molecule has 1 N–H and O–H groups in total. The van der Waals surface area contributed by atoms with Crippen molar-refractivity contribution >= 4 is 22.5 Å². The van der Waals surface area contributed by atoms with Gasteiger partial charge in [-0.15, -0.1) is 10.2 Å². The SMILES string of the molecule is Cc1noc(C2CCN(C(=O)Nc3nnc(C)s3)CC2)n1. The third kappa shape index (κ3) is 3.18.